The summed E-state index contributed by atoms with van der Waals surface area (Å²) >= 11 is 3.80. The van der Waals surface area contributed by atoms with Crippen molar-refractivity contribution in [1.29, 1.82) is 0 Å². The lowest BCUT2D eigenvalue weighted by molar-refractivity contribution is 0.506. The van der Waals surface area contributed by atoms with E-state index in [1.54, 1.807) is 0 Å². The van der Waals surface area contributed by atoms with E-state index in [4.69, 9.17) is 9.79 Å². The first-order valence-corrected chi connectivity index (χ1v) is 2.84. The van der Waals surface area contributed by atoms with Crippen LogP contribution in [-0.4, -0.2) is 9.79 Å². The SMILES string of the molecule is OP(O)[S-]. The lowest BCUT2D eigenvalue weighted by atomic mass is 15.9. The van der Waals surface area contributed by atoms with Crippen molar-refractivity contribution in [1.82, 2.24) is 0 Å². The van der Waals surface area contributed by atoms with Gasteiger partial charge in [-0.05, 0) is 0 Å². The van der Waals surface area contributed by atoms with E-state index >= 15 is 0 Å². The minimum atomic E-state index is -2.04. The Balaban J connectivity index is 2.32. The van der Waals surface area contributed by atoms with E-state index in [-0.39, 0.29) is 0 Å². The molecule has 2 nitrogen and oxygen atoms in total. The van der Waals surface area contributed by atoms with E-state index in [1.165, 1.54) is 0 Å². The van der Waals surface area contributed by atoms with Crippen LogP contribution in [0.25, 0.3) is 0 Å². The third-order valence-corrected chi connectivity index (χ3v) is 0. The first-order valence-electron chi connectivity index (χ1n) is 0.583. The van der Waals surface area contributed by atoms with Crippen molar-refractivity contribution in [3.05, 3.63) is 0 Å². The van der Waals surface area contributed by atoms with Crippen molar-refractivity contribution >= 4 is 19.8 Å². The minimum Gasteiger partial charge on any atom is -0.701 e. The highest BCUT2D eigenvalue weighted by Gasteiger charge is 1.52. The highest BCUT2D eigenvalue weighted by molar-refractivity contribution is 8.28. The largest absolute Gasteiger partial charge is 0.701 e. The fourth-order valence-electron chi connectivity index (χ4n) is 0. The number of hydrogen-bond donors (Lipinski definition) is 2. The first-order chi connectivity index (χ1) is 1.73. The molecule has 0 unspecified atom stereocenters. The van der Waals surface area contributed by atoms with E-state index in [0.717, 1.165) is 0 Å². The highest BCUT2D eigenvalue weighted by Crippen LogP contribution is 2.15. The van der Waals surface area contributed by atoms with Crippen LogP contribution in [0.1, 0.15) is 0 Å². The third kappa shape index (κ3) is 15.9. The van der Waals surface area contributed by atoms with Crippen molar-refractivity contribution in [3.63, 3.8) is 0 Å². The summed E-state index contributed by atoms with van der Waals surface area (Å²) < 4.78 is 0. The molecule has 0 radical (unpaired) electrons. The molecule has 0 spiro atoms. The molecule has 0 saturated carbocycles. The second-order valence-corrected chi connectivity index (χ2v) is 1.74. The summed E-state index contributed by atoms with van der Waals surface area (Å²) in [7, 11) is -2.04. The Bertz CT molecular complexity index is 10.8. The third-order valence-electron chi connectivity index (χ3n) is 0. The van der Waals surface area contributed by atoms with E-state index in [2.05, 4.69) is 12.2 Å². The normalized spacial score (nSPS) is 9.00. The fourth-order valence-corrected chi connectivity index (χ4v) is 0. The van der Waals surface area contributed by atoms with E-state index in [1.807, 2.05) is 0 Å². The summed E-state index contributed by atoms with van der Waals surface area (Å²) in [5.74, 6) is 0. The van der Waals surface area contributed by atoms with Gasteiger partial charge in [0.1, 0.15) is 0 Å². The van der Waals surface area contributed by atoms with Crippen molar-refractivity contribution in [3.8, 4) is 0 Å². The lowest BCUT2D eigenvalue weighted by Gasteiger charge is -1.99. The second-order valence-electron chi connectivity index (χ2n) is 0.253. The van der Waals surface area contributed by atoms with Gasteiger partial charge in [-0.1, -0.05) is 0 Å². The molecule has 0 aromatic heterocycles. The zero-order valence-electron chi connectivity index (χ0n) is 1.75. The molecule has 0 bridgehead atoms. The Morgan fingerprint density at radius 3 is 1.50 bits per heavy atom. The van der Waals surface area contributed by atoms with E-state index in [9.17, 15) is 0 Å². The fraction of sp³-hybridized carbons (Fsp3) is 0. The summed E-state index contributed by atoms with van der Waals surface area (Å²) in [5.41, 5.74) is 0. The van der Waals surface area contributed by atoms with Crippen molar-refractivity contribution < 1.29 is 9.79 Å². The molecule has 4 heavy (non-hydrogen) atoms. The summed E-state index contributed by atoms with van der Waals surface area (Å²) in [4.78, 5) is 15.0. The van der Waals surface area contributed by atoms with Crippen LogP contribution >= 0.6 is 7.58 Å². The van der Waals surface area contributed by atoms with Crippen LogP contribution in [0.5, 0.6) is 0 Å². The topological polar surface area (TPSA) is 40.5 Å². The standard InChI is InChI=1S/H2O2PS/c1-3(2)4/h1-2H/q-1. The van der Waals surface area contributed by atoms with Gasteiger partial charge in [0, 0.05) is 7.58 Å². The van der Waals surface area contributed by atoms with Gasteiger partial charge in [-0.3, -0.25) is 0 Å². The van der Waals surface area contributed by atoms with Crippen LogP contribution in [0, 0.1) is 0 Å². The molecule has 2 N–H and O–H groups in total. The zero-order chi connectivity index (χ0) is 3.58. The smallest absolute Gasteiger partial charge is 0.0110 e. The van der Waals surface area contributed by atoms with Gasteiger partial charge in [0.15, 0.2) is 0 Å². The monoisotopic (exact) mass is 97.0 g/mol. The summed E-state index contributed by atoms with van der Waals surface area (Å²) in [6.07, 6.45) is 0. The molecule has 4 heteroatoms. The molecule has 0 fully saturated rings. The van der Waals surface area contributed by atoms with Crippen molar-refractivity contribution in [2.75, 3.05) is 0 Å². The molecule has 0 atom stereocenters. The highest BCUT2D eigenvalue weighted by atomic mass is 32.7. The van der Waals surface area contributed by atoms with Gasteiger partial charge in [-0.2, -0.15) is 0 Å². The molecule has 0 aliphatic rings. The Kier molecular flexibility index (Phi) is 2.32. The van der Waals surface area contributed by atoms with Crippen LogP contribution in [0.2, 0.25) is 0 Å². The summed E-state index contributed by atoms with van der Waals surface area (Å²) in [5, 5.41) is 0. The Morgan fingerprint density at radius 2 is 1.50 bits per heavy atom. The molecule has 0 aromatic carbocycles. The van der Waals surface area contributed by atoms with Gasteiger partial charge in [0.05, 0.1) is 0 Å². The molecule has 0 amide bonds. The lowest BCUT2D eigenvalue weighted by Crippen LogP contribution is -1.48. The molecule has 0 heterocycles. The van der Waals surface area contributed by atoms with Gasteiger partial charge < -0.3 is 22.0 Å². The molecular formula is H2O2PS-. The molecule has 0 saturated heterocycles. The molecule has 0 aliphatic heterocycles. The average Bonchev–Trinajstić information content (AvgIpc) is 0.811. The Morgan fingerprint density at radius 1 is 1.50 bits per heavy atom. The molecule has 0 aromatic rings. The summed E-state index contributed by atoms with van der Waals surface area (Å²) in [6.45, 7) is 0. The number of rotatable bonds is 0. The van der Waals surface area contributed by atoms with Gasteiger partial charge in [0.2, 0.25) is 0 Å². The minimum absolute atomic E-state index is 2.04. The summed E-state index contributed by atoms with van der Waals surface area (Å²) in [6, 6.07) is 0. The van der Waals surface area contributed by atoms with E-state index < -0.39 is 7.58 Å². The van der Waals surface area contributed by atoms with Crippen LogP contribution in [0.4, 0.5) is 0 Å². The molecule has 0 rings (SSSR count). The van der Waals surface area contributed by atoms with Crippen molar-refractivity contribution in [2.24, 2.45) is 0 Å². The predicted molar refractivity (Wildman–Crippen MR) is 18.7 cm³/mol. The van der Waals surface area contributed by atoms with Crippen LogP contribution in [0.3, 0.4) is 0 Å². The van der Waals surface area contributed by atoms with Crippen molar-refractivity contribution in [2.45, 2.75) is 0 Å². The maximum absolute atomic E-state index is 7.49. The van der Waals surface area contributed by atoms with Crippen LogP contribution in [-0.2, 0) is 12.2 Å². The van der Waals surface area contributed by atoms with E-state index in [0.29, 0.717) is 0 Å². The predicted octanol–water partition coefficient (Wildman–Crippen LogP) is -0.255. The van der Waals surface area contributed by atoms with Gasteiger partial charge >= 0.3 is 0 Å². The maximum atomic E-state index is 7.49. The molecule has 0 aliphatic carbocycles. The molecular weight excluding hydrogens is 95.0 g/mol. The molecule has 26 valence electrons. The first kappa shape index (κ1) is 4.70. The van der Waals surface area contributed by atoms with Gasteiger partial charge in [0.25, 0.3) is 0 Å². The quantitative estimate of drug-likeness (QED) is 0.323. The van der Waals surface area contributed by atoms with Gasteiger partial charge in [-0.25, -0.2) is 0 Å². The van der Waals surface area contributed by atoms with Crippen LogP contribution < -0.4 is 0 Å². The van der Waals surface area contributed by atoms with Crippen LogP contribution in [0.15, 0.2) is 0 Å². The second kappa shape index (κ2) is 1.97. The number of hydrogen-bond acceptors (Lipinski definition) is 3. The average molecular weight is 97.1 g/mol. The Hall–Kier alpha value is 0.700. The maximum Gasteiger partial charge on any atom is 0.0110 e. The Labute approximate surface area is 30.5 Å². The van der Waals surface area contributed by atoms with Gasteiger partial charge in [-0.15, -0.1) is 0 Å². The zero-order valence-corrected chi connectivity index (χ0v) is 3.46.